The van der Waals surface area contributed by atoms with Gasteiger partial charge in [0, 0.05) is 18.6 Å². The molecule has 0 aliphatic carbocycles. The van der Waals surface area contributed by atoms with Crippen LogP contribution in [0.3, 0.4) is 0 Å². The van der Waals surface area contributed by atoms with E-state index in [4.69, 9.17) is 32.7 Å². The predicted octanol–water partition coefficient (Wildman–Crippen LogP) is 3.54. The second-order valence-corrected chi connectivity index (χ2v) is 11.9. The van der Waals surface area contributed by atoms with Crippen LogP contribution in [0.1, 0.15) is 25.8 Å². The molecule has 1 saturated heterocycles. The number of hydrazine groups is 1. The molecule has 0 bridgehead atoms. The number of methoxy groups -OCH3 is 1. The number of β-amino-alcohol motifs (C(OH)–C–C–N with tert-alkyl or cyclic N) is 1. The number of hydrogen-bond donors (Lipinski definition) is 3. The van der Waals surface area contributed by atoms with Gasteiger partial charge in [0.1, 0.15) is 29.7 Å². The van der Waals surface area contributed by atoms with Crippen molar-refractivity contribution in [2.45, 2.75) is 54.1 Å². The van der Waals surface area contributed by atoms with Gasteiger partial charge in [-0.2, -0.15) is 0 Å². The number of rotatable bonds is 12. The lowest BCUT2D eigenvalue weighted by molar-refractivity contribution is 0.0988. The molecule has 0 spiro atoms. The number of halogens is 3. The van der Waals surface area contributed by atoms with Crippen LogP contribution < -0.4 is 19.6 Å². The minimum atomic E-state index is -3.79. The lowest BCUT2D eigenvalue weighted by Crippen LogP contribution is -2.46. The van der Waals surface area contributed by atoms with Crippen LogP contribution in [0.4, 0.5) is 0 Å². The zero-order chi connectivity index (χ0) is 25.6. The number of benzene rings is 2. The summed E-state index contributed by atoms with van der Waals surface area (Å²) in [7, 11) is -2.15. The van der Waals surface area contributed by atoms with E-state index in [2.05, 4.69) is 24.0 Å². The SMILES string of the molecule is COc1ccc(CC(C)(C)NC[C@@H](O)COc2ccc(S(=O)(=O)NN3CCC(Cl)C3Cl)cc2)cc1.Cl. The Kier molecular flexibility index (Phi) is 11.6. The van der Waals surface area contributed by atoms with Gasteiger partial charge in [-0.3, -0.25) is 0 Å². The first-order valence-electron chi connectivity index (χ1n) is 11.4. The largest absolute Gasteiger partial charge is 0.497 e. The molecule has 0 aromatic heterocycles. The minimum Gasteiger partial charge on any atom is -0.497 e. The summed E-state index contributed by atoms with van der Waals surface area (Å²) in [6, 6.07) is 13.9. The number of aliphatic hydroxyl groups excluding tert-OH is 1. The van der Waals surface area contributed by atoms with Crippen molar-refractivity contribution in [3.63, 3.8) is 0 Å². The molecule has 3 rings (SSSR count). The highest BCUT2D eigenvalue weighted by Crippen LogP contribution is 2.25. The summed E-state index contributed by atoms with van der Waals surface area (Å²) >= 11 is 12.2. The van der Waals surface area contributed by atoms with Crippen LogP contribution in [-0.2, 0) is 16.4 Å². The van der Waals surface area contributed by atoms with E-state index in [0.29, 0.717) is 25.3 Å². The van der Waals surface area contributed by atoms with Gasteiger partial charge in [-0.1, -0.05) is 12.1 Å². The third kappa shape index (κ3) is 8.92. The van der Waals surface area contributed by atoms with Crippen molar-refractivity contribution in [1.29, 1.82) is 0 Å². The Labute approximate surface area is 229 Å². The highest BCUT2D eigenvalue weighted by atomic mass is 35.5. The molecule has 3 atom stereocenters. The number of hydrogen-bond acceptors (Lipinski definition) is 7. The lowest BCUT2D eigenvalue weighted by atomic mass is 9.94. The smallest absolute Gasteiger partial charge is 0.253 e. The maximum Gasteiger partial charge on any atom is 0.253 e. The van der Waals surface area contributed by atoms with Crippen LogP contribution in [0.15, 0.2) is 53.4 Å². The van der Waals surface area contributed by atoms with Crippen LogP contribution in [0, 0.1) is 0 Å². The summed E-state index contributed by atoms with van der Waals surface area (Å²) in [4.78, 5) is 2.55. The van der Waals surface area contributed by atoms with Crippen molar-refractivity contribution in [2.24, 2.45) is 0 Å². The first-order valence-corrected chi connectivity index (χ1v) is 13.7. The molecule has 8 nitrogen and oxygen atoms in total. The summed E-state index contributed by atoms with van der Waals surface area (Å²) in [5.74, 6) is 1.27. The second kappa shape index (κ2) is 13.5. The van der Waals surface area contributed by atoms with E-state index in [1.807, 2.05) is 24.3 Å². The van der Waals surface area contributed by atoms with Crippen molar-refractivity contribution >= 4 is 45.6 Å². The van der Waals surface area contributed by atoms with E-state index in [1.165, 1.54) is 17.1 Å². The van der Waals surface area contributed by atoms with Gasteiger partial charge in [-0.25, -0.2) is 13.4 Å². The van der Waals surface area contributed by atoms with E-state index in [1.54, 1.807) is 19.2 Å². The third-order valence-electron chi connectivity index (χ3n) is 5.68. The predicted molar refractivity (Wildman–Crippen MR) is 145 cm³/mol. The third-order valence-corrected chi connectivity index (χ3v) is 8.17. The van der Waals surface area contributed by atoms with Gasteiger partial charge in [-0.05, 0) is 68.7 Å². The molecule has 3 N–H and O–H groups in total. The summed E-state index contributed by atoms with van der Waals surface area (Å²) < 4.78 is 36.1. The second-order valence-electron chi connectivity index (χ2n) is 9.19. The molecule has 12 heteroatoms. The van der Waals surface area contributed by atoms with Crippen LogP contribution in [0.25, 0.3) is 0 Å². The van der Waals surface area contributed by atoms with E-state index < -0.39 is 21.6 Å². The van der Waals surface area contributed by atoms with Gasteiger partial charge < -0.3 is 19.9 Å². The van der Waals surface area contributed by atoms with Crippen LogP contribution in [-0.4, -0.2) is 67.9 Å². The van der Waals surface area contributed by atoms with E-state index >= 15 is 0 Å². The summed E-state index contributed by atoms with van der Waals surface area (Å²) in [5, 5.41) is 14.8. The van der Waals surface area contributed by atoms with E-state index in [-0.39, 0.29) is 34.8 Å². The average Bonchev–Trinajstić information content (AvgIpc) is 3.13. The summed E-state index contributed by atoms with van der Waals surface area (Å²) in [6.45, 7) is 4.98. The van der Waals surface area contributed by atoms with Crippen LogP contribution in [0.5, 0.6) is 11.5 Å². The van der Waals surface area contributed by atoms with E-state index in [0.717, 1.165) is 17.7 Å². The number of alkyl halides is 2. The molecule has 2 aromatic carbocycles. The van der Waals surface area contributed by atoms with Crippen molar-refractivity contribution in [1.82, 2.24) is 15.2 Å². The fourth-order valence-electron chi connectivity index (χ4n) is 3.70. The zero-order valence-corrected chi connectivity index (χ0v) is 23.6. The highest BCUT2D eigenvalue weighted by Gasteiger charge is 2.34. The summed E-state index contributed by atoms with van der Waals surface area (Å²) in [6.07, 6.45) is 0.637. The molecule has 1 aliphatic rings. The molecule has 202 valence electrons. The van der Waals surface area contributed by atoms with Gasteiger partial charge in [0.15, 0.2) is 0 Å². The Balaban J connectivity index is 0.00000456. The van der Waals surface area contributed by atoms with Crippen LogP contribution >= 0.6 is 35.6 Å². The lowest BCUT2D eigenvalue weighted by Gasteiger charge is -2.28. The van der Waals surface area contributed by atoms with Crippen molar-refractivity contribution in [3.8, 4) is 11.5 Å². The van der Waals surface area contributed by atoms with Crippen molar-refractivity contribution in [3.05, 3.63) is 54.1 Å². The maximum absolute atomic E-state index is 12.6. The van der Waals surface area contributed by atoms with E-state index in [9.17, 15) is 13.5 Å². The van der Waals surface area contributed by atoms with Crippen molar-refractivity contribution < 1.29 is 23.0 Å². The molecule has 2 unspecified atom stereocenters. The van der Waals surface area contributed by atoms with Gasteiger partial charge in [0.2, 0.25) is 0 Å². The molecule has 1 heterocycles. The van der Waals surface area contributed by atoms with Gasteiger partial charge in [-0.15, -0.1) is 40.4 Å². The fourth-order valence-corrected chi connectivity index (χ4v) is 5.38. The molecule has 1 fully saturated rings. The molecular formula is C24H34Cl3N3O5S. The fraction of sp³-hybridized carbons (Fsp3) is 0.500. The molecule has 0 amide bonds. The Hall–Kier alpha value is -1.30. The van der Waals surface area contributed by atoms with Gasteiger partial charge in [0.25, 0.3) is 10.0 Å². The number of nitrogens with one attached hydrogen (secondary N) is 2. The Morgan fingerprint density at radius 2 is 1.72 bits per heavy atom. The number of aliphatic hydroxyl groups is 1. The van der Waals surface area contributed by atoms with Gasteiger partial charge in [0.05, 0.1) is 17.4 Å². The average molecular weight is 583 g/mol. The molecule has 0 saturated carbocycles. The Morgan fingerprint density at radius 1 is 1.11 bits per heavy atom. The van der Waals surface area contributed by atoms with Crippen molar-refractivity contribution in [2.75, 3.05) is 26.8 Å². The number of sulfonamides is 1. The maximum atomic E-state index is 12.6. The zero-order valence-electron chi connectivity index (χ0n) is 20.5. The standard InChI is InChI=1S/C24H33Cl2N3O5S.ClH/c1-24(2,14-17-4-6-19(33-3)7-5-17)27-15-18(30)16-34-20-8-10-21(11-9-20)35(31,32)28-29-13-12-22(25)23(29)26;/h4-11,18,22-23,27-28,30H,12-16H2,1-3H3;1H/t18-,22?,23?;/m1./s1. The van der Waals surface area contributed by atoms with Crippen LogP contribution in [0.2, 0.25) is 0 Å². The highest BCUT2D eigenvalue weighted by molar-refractivity contribution is 7.89. The molecular weight excluding hydrogens is 549 g/mol. The first-order chi connectivity index (χ1) is 16.5. The monoisotopic (exact) mass is 581 g/mol. The number of nitrogens with zero attached hydrogens (tertiary/aromatic N) is 1. The quantitative estimate of drug-likeness (QED) is 0.260. The number of ether oxygens (including phenoxy) is 2. The summed E-state index contributed by atoms with van der Waals surface area (Å²) in [5.41, 5.74) is 0.317. The Bertz CT molecular complexity index is 1060. The van der Waals surface area contributed by atoms with Gasteiger partial charge >= 0.3 is 0 Å². The minimum absolute atomic E-state index is 0. The molecule has 36 heavy (non-hydrogen) atoms. The molecule has 0 radical (unpaired) electrons. The normalized spacial score (nSPS) is 19.5. The Morgan fingerprint density at radius 3 is 2.28 bits per heavy atom. The topological polar surface area (TPSA) is 100 Å². The first kappa shape index (κ1) is 30.9. The molecule has 1 aliphatic heterocycles. The molecule has 2 aromatic rings.